The Morgan fingerprint density at radius 2 is 1.96 bits per heavy atom. The summed E-state index contributed by atoms with van der Waals surface area (Å²) in [5.74, 6) is -0.578. The van der Waals surface area contributed by atoms with E-state index in [0.717, 1.165) is 4.40 Å². The number of rotatable bonds is 3. The second-order valence-electron chi connectivity index (χ2n) is 5.14. The lowest BCUT2D eigenvalue weighted by molar-refractivity contribution is 0.0917. The van der Waals surface area contributed by atoms with Gasteiger partial charge in [-0.05, 0) is 24.3 Å². The highest BCUT2D eigenvalue weighted by Crippen LogP contribution is 2.18. The molecular formula is C17H13ClN4O3. The minimum absolute atomic E-state index is 0.146. The van der Waals surface area contributed by atoms with E-state index in [4.69, 9.17) is 11.6 Å². The van der Waals surface area contributed by atoms with Gasteiger partial charge in [0.25, 0.3) is 0 Å². The smallest absolute Gasteiger partial charge is 0.279 e. The molecule has 3 rings (SSSR count). The SMILES string of the molecule is C=C/C=C/C=C/n1c(=O)c2nn(C(C)=O)c(=O)n2c2ccc(Cl)cc21. The van der Waals surface area contributed by atoms with Crippen molar-refractivity contribution >= 4 is 40.4 Å². The van der Waals surface area contributed by atoms with Gasteiger partial charge in [0.05, 0.1) is 11.0 Å². The topological polar surface area (TPSA) is 78.4 Å². The van der Waals surface area contributed by atoms with Crippen molar-refractivity contribution in [2.45, 2.75) is 6.92 Å². The van der Waals surface area contributed by atoms with E-state index in [9.17, 15) is 14.4 Å². The molecule has 8 heteroatoms. The fraction of sp³-hybridized carbons (Fsp3) is 0.0588. The number of aromatic nitrogens is 4. The van der Waals surface area contributed by atoms with Gasteiger partial charge in [-0.3, -0.25) is 14.2 Å². The highest BCUT2D eigenvalue weighted by molar-refractivity contribution is 6.31. The van der Waals surface area contributed by atoms with Gasteiger partial charge in [-0.15, -0.1) is 9.78 Å². The normalized spacial score (nSPS) is 11.9. The van der Waals surface area contributed by atoms with E-state index < -0.39 is 17.2 Å². The maximum Gasteiger partial charge on any atom is 0.358 e. The van der Waals surface area contributed by atoms with Crippen LogP contribution in [0.4, 0.5) is 0 Å². The maximum atomic E-state index is 12.8. The molecule has 7 nitrogen and oxygen atoms in total. The molecule has 2 aromatic heterocycles. The van der Waals surface area contributed by atoms with Crippen LogP contribution in [0.5, 0.6) is 0 Å². The Morgan fingerprint density at radius 1 is 1.20 bits per heavy atom. The number of nitrogens with zero attached hydrogens (tertiary/aromatic N) is 4. The van der Waals surface area contributed by atoms with Crippen LogP contribution in [0.1, 0.15) is 11.7 Å². The third kappa shape index (κ3) is 2.74. The Bertz CT molecular complexity index is 1190. The molecule has 0 aliphatic rings. The summed E-state index contributed by atoms with van der Waals surface area (Å²) in [5, 5.41) is 4.28. The Kier molecular flexibility index (Phi) is 4.24. The minimum atomic E-state index is -0.699. The van der Waals surface area contributed by atoms with Gasteiger partial charge in [0.2, 0.25) is 11.6 Å². The Morgan fingerprint density at radius 3 is 2.64 bits per heavy atom. The number of carbonyl (C=O) groups is 1. The first kappa shape index (κ1) is 16.7. The first-order chi connectivity index (χ1) is 12.0. The van der Waals surface area contributed by atoms with Gasteiger partial charge in [0.15, 0.2) is 0 Å². The summed E-state index contributed by atoms with van der Waals surface area (Å²) in [6.45, 7) is 4.76. The van der Waals surface area contributed by atoms with Crippen LogP contribution in [-0.2, 0) is 0 Å². The number of hydrogen-bond acceptors (Lipinski definition) is 4. The minimum Gasteiger partial charge on any atom is -0.279 e. The number of hydrogen-bond donors (Lipinski definition) is 0. The van der Waals surface area contributed by atoms with Crippen molar-refractivity contribution in [2.24, 2.45) is 0 Å². The van der Waals surface area contributed by atoms with Gasteiger partial charge >= 0.3 is 11.2 Å². The molecule has 0 amide bonds. The molecule has 0 fully saturated rings. The standard InChI is InChI=1S/C17H13ClN4O3/c1-3-4-5-6-9-20-14-10-12(18)7-8-13(14)21-15(16(20)24)19-22(11(2)23)17(21)25/h3-10H,1H2,2H3/b5-4+,9-6+. The molecule has 3 aromatic rings. The second kappa shape index (κ2) is 6.37. The van der Waals surface area contributed by atoms with Crippen LogP contribution < -0.4 is 11.2 Å². The molecule has 0 saturated carbocycles. The highest BCUT2D eigenvalue weighted by Gasteiger charge is 2.18. The molecule has 0 unspecified atom stereocenters. The van der Waals surface area contributed by atoms with E-state index in [1.165, 1.54) is 17.7 Å². The predicted molar refractivity (Wildman–Crippen MR) is 97.2 cm³/mol. The molecule has 25 heavy (non-hydrogen) atoms. The molecule has 2 heterocycles. The van der Waals surface area contributed by atoms with Gasteiger partial charge in [-0.25, -0.2) is 9.20 Å². The summed E-state index contributed by atoms with van der Waals surface area (Å²) in [7, 11) is 0. The molecule has 0 atom stereocenters. The molecule has 0 N–H and O–H groups in total. The van der Waals surface area contributed by atoms with Crippen molar-refractivity contribution in [3.8, 4) is 0 Å². The monoisotopic (exact) mass is 356 g/mol. The zero-order chi connectivity index (χ0) is 18.1. The quantitative estimate of drug-likeness (QED) is 0.675. The molecule has 0 aliphatic heterocycles. The lowest BCUT2D eigenvalue weighted by Crippen LogP contribution is -2.26. The third-order valence-electron chi connectivity index (χ3n) is 3.52. The van der Waals surface area contributed by atoms with Crippen LogP contribution in [0.3, 0.4) is 0 Å². The average molecular weight is 357 g/mol. The van der Waals surface area contributed by atoms with Gasteiger partial charge in [0.1, 0.15) is 0 Å². The molecule has 0 aliphatic carbocycles. The van der Waals surface area contributed by atoms with E-state index in [1.54, 1.807) is 42.5 Å². The van der Waals surface area contributed by atoms with Crippen molar-refractivity contribution in [3.05, 3.63) is 74.9 Å². The second-order valence-corrected chi connectivity index (χ2v) is 5.58. The van der Waals surface area contributed by atoms with Gasteiger partial charge < -0.3 is 0 Å². The van der Waals surface area contributed by atoms with Crippen LogP contribution in [0.15, 0.2) is 58.7 Å². The molecule has 0 bridgehead atoms. The van der Waals surface area contributed by atoms with Crippen LogP contribution in [0.25, 0.3) is 22.9 Å². The molecule has 126 valence electrons. The van der Waals surface area contributed by atoms with E-state index in [-0.39, 0.29) is 5.65 Å². The number of fused-ring (bicyclic) bond motifs is 3. The van der Waals surface area contributed by atoms with E-state index >= 15 is 0 Å². The van der Waals surface area contributed by atoms with Crippen molar-refractivity contribution in [1.82, 2.24) is 18.7 Å². The summed E-state index contributed by atoms with van der Waals surface area (Å²) < 4.78 is 3.09. The van der Waals surface area contributed by atoms with Crippen LogP contribution in [0.2, 0.25) is 5.02 Å². The summed E-state index contributed by atoms with van der Waals surface area (Å²) in [4.78, 5) is 36.8. The molecular weight excluding hydrogens is 344 g/mol. The van der Waals surface area contributed by atoms with E-state index in [0.29, 0.717) is 20.7 Å². The van der Waals surface area contributed by atoms with Gasteiger partial charge in [-0.1, -0.05) is 36.4 Å². The summed E-state index contributed by atoms with van der Waals surface area (Å²) >= 11 is 6.04. The number of halogens is 1. The molecule has 1 aromatic carbocycles. The van der Waals surface area contributed by atoms with E-state index in [1.807, 2.05) is 0 Å². The van der Waals surface area contributed by atoms with Crippen molar-refractivity contribution in [3.63, 3.8) is 0 Å². The fourth-order valence-electron chi connectivity index (χ4n) is 2.45. The Hall–Kier alpha value is -3.19. The molecule has 0 radical (unpaired) electrons. The van der Waals surface area contributed by atoms with Gasteiger partial charge in [0, 0.05) is 18.1 Å². The lowest BCUT2D eigenvalue weighted by atomic mass is 10.3. The average Bonchev–Trinajstić information content (AvgIpc) is 2.92. The van der Waals surface area contributed by atoms with Crippen molar-refractivity contribution in [2.75, 3.05) is 0 Å². The van der Waals surface area contributed by atoms with Crippen molar-refractivity contribution < 1.29 is 4.79 Å². The number of benzene rings is 1. The van der Waals surface area contributed by atoms with Crippen LogP contribution >= 0.6 is 11.6 Å². The van der Waals surface area contributed by atoms with Crippen LogP contribution in [-0.4, -0.2) is 24.7 Å². The largest absolute Gasteiger partial charge is 0.358 e. The van der Waals surface area contributed by atoms with Crippen molar-refractivity contribution in [1.29, 1.82) is 0 Å². The molecule has 0 spiro atoms. The van der Waals surface area contributed by atoms with E-state index in [2.05, 4.69) is 11.7 Å². The number of allylic oxidation sites excluding steroid dienone is 4. The van der Waals surface area contributed by atoms with Crippen LogP contribution in [0, 0.1) is 0 Å². The summed E-state index contributed by atoms with van der Waals surface area (Å²) in [5.41, 5.74) is -0.565. The third-order valence-corrected chi connectivity index (χ3v) is 3.75. The number of carbonyl (C=O) groups excluding carboxylic acids is 1. The summed E-state index contributed by atoms with van der Waals surface area (Å²) in [6, 6.07) is 4.76. The maximum absolute atomic E-state index is 12.8. The Labute approximate surface area is 146 Å². The lowest BCUT2D eigenvalue weighted by Gasteiger charge is -2.07. The zero-order valence-electron chi connectivity index (χ0n) is 13.2. The first-order valence-corrected chi connectivity index (χ1v) is 7.66. The first-order valence-electron chi connectivity index (χ1n) is 7.28. The fourth-order valence-corrected chi connectivity index (χ4v) is 2.62. The summed E-state index contributed by atoms with van der Waals surface area (Å²) in [6.07, 6.45) is 8.15. The Balaban J connectivity index is 2.49. The zero-order valence-corrected chi connectivity index (χ0v) is 14.0. The molecule has 0 saturated heterocycles. The van der Waals surface area contributed by atoms with Gasteiger partial charge in [-0.2, -0.15) is 0 Å². The highest BCUT2D eigenvalue weighted by atomic mass is 35.5. The predicted octanol–water partition coefficient (Wildman–Crippen LogP) is 2.34.